The SMILES string of the molecule is CC(=O)C(C)c1ccccc1N1CCCC1. The highest BCUT2D eigenvalue weighted by Gasteiger charge is 2.20. The third-order valence-corrected chi connectivity index (χ3v) is 3.46. The lowest BCUT2D eigenvalue weighted by molar-refractivity contribution is -0.118. The Hall–Kier alpha value is -1.31. The zero-order chi connectivity index (χ0) is 11.5. The number of nitrogens with zero attached hydrogens (tertiary/aromatic N) is 1. The lowest BCUT2D eigenvalue weighted by Crippen LogP contribution is -2.20. The first-order valence-corrected chi connectivity index (χ1v) is 6.04. The summed E-state index contributed by atoms with van der Waals surface area (Å²) in [7, 11) is 0. The maximum Gasteiger partial charge on any atom is 0.137 e. The predicted molar refractivity (Wildman–Crippen MR) is 67.0 cm³/mol. The Morgan fingerprint density at radius 1 is 1.25 bits per heavy atom. The smallest absolute Gasteiger partial charge is 0.137 e. The summed E-state index contributed by atoms with van der Waals surface area (Å²) in [6, 6.07) is 8.30. The molecule has 1 aromatic carbocycles. The topological polar surface area (TPSA) is 20.3 Å². The molecule has 1 unspecified atom stereocenters. The van der Waals surface area contributed by atoms with Gasteiger partial charge in [0.25, 0.3) is 0 Å². The molecule has 0 amide bonds. The van der Waals surface area contributed by atoms with Crippen LogP contribution in [0.15, 0.2) is 24.3 Å². The van der Waals surface area contributed by atoms with Gasteiger partial charge in [-0.05, 0) is 31.4 Å². The standard InChI is InChI=1S/C14H19NO/c1-11(12(2)16)13-7-3-4-8-14(13)15-9-5-6-10-15/h3-4,7-8,11H,5-6,9-10H2,1-2H3. The Balaban J connectivity index is 2.33. The Kier molecular flexibility index (Phi) is 3.28. The third kappa shape index (κ3) is 2.11. The molecule has 1 heterocycles. The van der Waals surface area contributed by atoms with E-state index in [1.54, 1.807) is 6.92 Å². The summed E-state index contributed by atoms with van der Waals surface area (Å²) in [5.74, 6) is 0.253. The van der Waals surface area contributed by atoms with E-state index >= 15 is 0 Å². The first-order valence-electron chi connectivity index (χ1n) is 6.04. The Bertz CT molecular complexity index is 380. The number of ketones is 1. The van der Waals surface area contributed by atoms with Crippen LogP contribution in [0.4, 0.5) is 5.69 Å². The van der Waals surface area contributed by atoms with Crippen molar-refractivity contribution < 1.29 is 4.79 Å². The minimum Gasteiger partial charge on any atom is -0.371 e. The molecule has 0 spiro atoms. The van der Waals surface area contributed by atoms with Gasteiger partial charge in [-0.2, -0.15) is 0 Å². The average Bonchev–Trinajstić information content (AvgIpc) is 2.81. The average molecular weight is 217 g/mol. The zero-order valence-electron chi connectivity index (χ0n) is 10.1. The fourth-order valence-electron chi connectivity index (χ4n) is 2.32. The van der Waals surface area contributed by atoms with E-state index < -0.39 is 0 Å². The second-order valence-corrected chi connectivity index (χ2v) is 4.59. The molecular weight excluding hydrogens is 198 g/mol. The largest absolute Gasteiger partial charge is 0.371 e. The van der Waals surface area contributed by atoms with E-state index in [4.69, 9.17) is 0 Å². The van der Waals surface area contributed by atoms with E-state index in [1.807, 2.05) is 13.0 Å². The summed E-state index contributed by atoms with van der Waals surface area (Å²) in [6.45, 7) is 5.92. The van der Waals surface area contributed by atoms with Crippen molar-refractivity contribution in [1.29, 1.82) is 0 Å². The molecule has 1 saturated heterocycles. The molecule has 1 aliphatic heterocycles. The molecule has 0 radical (unpaired) electrons. The van der Waals surface area contributed by atoms with Gasteiger partial charge in [0.2, 0.25) is 0 Å². The van der Waals surface area contributed by atoms with Gasteiger partial charge in [0, 0.05) is 24.7 Å². The zero-order valence-corrected chi connectivity index (χ0v) is 10.1. The number of hydrogen-bond donors (Lipinski definition) is 0. The highest BCUT2D eigenvalue weighted by molar-refractivity contribution is 5.85. The van der Waals surface area contributed by atoms with Crippen LogP contribution in [0.25, 0.3) is 0 Å². The quantitative estimate of drug-likeness (QED) is 0.775. The van der Waals surface area contributed by atoms with Crippen molar-refractivity contribution in [1.82, 2.24) is 0 Å². The molecule has 0 aliphatic carbocycles. The van der Waals surface area contributed by atoms with E-state index in [0.29, 0.717) is 0 Å². The predicted octanol–water partition coefficient (Wildman–Crippen LogP) is 2.98. The van der Waals surface area contributed by atoms with Gasteiger partial charge in [0.05, 0.1) is 0 Å². The Morgan fingerprint density at radius 2 is 1.88 bits per heavy atom. The molecule has 1 atom stereocenters. The Labute approximate surface area is 97.3 Å². The monoisotopic (exact) mass is 217 g/mol. The number of carbonyl (C=O) groups excluding carboxylic acids is 1. The minimum atomic E-state index is 0.0109. The third-order valence-electron chi connectivity index (χ3n) is 3.46. The van der Waals surface area contributed by atoms with Crippen LogP contribution in [0, 0.1) is 0 Å². The fourth-order valence-corrected chi connectivity index (χ4v) is 2.32. The van der Waals surface area contributed by atoms with Crippen LogP contribution in [-0.4, -0.2) is 18.9 Å². The number of benzene rings is 1. The van der Waals surface area contributed by atoms with Gasteiger partial charge in [-0.3, -0.25) is 4.79 Å². The van der Waals surface area contributed by atoms with Crippen molar-refractivity contribution in [3.8, 4) is 0 Å². The highest BCUT2D eigenvalue weighted by Crippen LogP contribution is 2.30. The van der Waals surface area contributed by atoms with Crippen LogP contribution in [0.5, 0.6) is 0 Å². The molecule has 0 saturated carbocycles. The van der Waals surface area contributed by atoms with Crippen molar-refractivity contribution >= 4 is 11.5 Å². The summed E-state index contributed by atoms with van der Waals surface area (Å²) >= 11 is 0. The molecule has 86 valence electrons. The molecule has 0 N–H and O–H groups in total. The summed E-state index contributed by atoms with van der Waals surface area (Å²) in [6.07, 6.45) is 2.53. The summed E-state index contributed by atoms with van der Waals surface area (Å²) in [5, 5.41) is 0. The lowest BCUT2D eigenvalue weighted by Gasteiger charge is -2.23. The number of Topliss-reactive ketones (excluding diaryl/α,β-unsaturated/α-hetero) is 1. The number of carbonyl (C=O) groups is 1. The molecular formula is C14H19NO. The summed E-state index contributed by atoms with van der Waals surface area (Å²) in [4.78, 5) is 13.9. The normalized spacial score (nSPS) is 17.5. The second kappa shape index (κ2) is 4.69. The number of para-hydroxylation sites is 1. The van der Waals surface area contributed by atoms with Gasteiger partial charge >= 0.3 is 0 Å². The van der Waals surface area contributed by atoms with Crippen molar-refractivity contribution in [2.24, 2.45) is 0 Å². The van der Waals surface area contributed by atoms with Gasteiger partial charge in [-0.1, -0.05) is 25.1 Å². The molecule has 0 bridgehead atoms. The molecule has 1 aliphatic rings. The molecule has 1 aromatic rings. The fraction of sp³-hybridized carbons (Fsp3) is 0.500. The van der Waals surface area contributed by atoms with Crippen LogP contribution in [0.2, 0.25) is 0 Å². The van der Waals surface area contributed by atoms with Gasteiger partial charge in [-0.25, -0.2) is 0 Å². The van der Waals surface area contributed by atoms with Crippen molar-refractivity contribution in [2.45, 2.75) is 32.6 Å². The first-order chi connectivity index (χ1) is 7.70. The first kappa shape index (κ1) is 11.2. The molecule has 0 aromatic heterocycles. The van der Waals surface area contributed by atoms with E-state index in [2.05, 4.69) is 23.1 Å². The number of rotatable bonds is 3. The van der Waals surface area contributed by atoms with Gasteiger partial charge in [-0.15, -0.1) is 0 Å². The van der Waals surface area contributed by atoms with Crippen LogP contribution in [-0.2, 0) is 4.79 Å². The van der Waals surface area contributed by atoms with Crippen LogP contribution >= 0.6 is 0 Å². The highest BCUT2D eigenvalue weighted by atomic mass is 16.1. The molecule has 16 heavy (non-hydrogen) atoms. The van der Waals surface area contributed by atoms with E-state index in [0.717, 1.165) is 13.1 Å². The maximum atomic E-state index is 11.5. The van der Waals surface area contributed by atoms with Crippen molar-refractivity contribution in [2.75, 3.05) is 18.0 Å². The molecule has 2 nitrogen and oxygen atoms in total. The number of anilines is 1. The van der Waals surface area contributed by atoms with Crippen LogP contribution in [0.1, 0.15) is 38.2 Å². The van der Waals surface area contributed by atoms with Crippen LogP contribution in [0.3, 0.4) is 0 Å². The van der Waals surface area contributed by atoms with Crippen molar-refractivity contribution in [3.05, 3.63) is 29.8 Å². The van der Waals surface area contributed by atoms with Gasteiger partial charge in [0.15, 0.2) is 0 Å². The number of hydrogen-bond acceptors (Lipinski definition) is 2. The van der Waals surface area contributed by atoms with E-state index in [-0.39, 0.29) is 11.7 Å². The van der Waals surface area contributed by atoms with E-state index in [1.165, 1.54) is 24.1 Å². The summed E-state index contributed by atoms with van der Waals surface area (Å²) in [5.41, 5.74) is 2.43. The molecule has 1 fully saturated rings. The minimum absolute atomic E-state index is 0.0109. The van der Waals surface area contributed by atoms with Gasteiger partial charge in [0.1, 0.15) is 5.78 Å². The second-order valence-electron chi connectivity index (χ2n) is 4.59. The van der Waals surface area contributed by atoms with Gasteiger partial charge < -0.3 is 4.90 Å². The Morgan fingerprint density at radius 3 is 2.50 bits per heavy atom. The maximum absolute atomic E-state index is 11.5. The molecule has 2 heteroatoms. The lowest BCUT2D eigenvalue weighted by atomic mass is 9.95. The van der Waals surface area contributed by atoms with E-state index in [9.17, 15) is 4.79 Å². The van der Waals surface area contributed by atoms with Crippen LogP contribution < -0.4 is 4.90 Å². The van der Waals surface area contributed by atoms with Crippen molar-refractivity contribution in [3.63, 3.8) is 0 Å². The summed E-state index contributed by atoms with van der Waals surface area (Å²) < 4.78 is 0. The molecule has 2 rings (SSSR count).